The fourth-order valence-electron chi connectivity index (χ4n) is 1.81. The van der Waals surface area contributed by atoms with Crippen LogP contribution in [-0.2, 0) is 4.74 Å². The van der Waals surface area contributed by atoms with Gasteiger partial charge < -0.3 is 14.6 Å². The first kappa shape index (κ1) is 12.9. The molecule has 0 bridgehead atoms. The number of aliphatic hydroxyl groups is 1. The Morgan fingerprint density at radius 1 is 1.50 bits per heavy atom. The van der Waals surface area contributed by atoms with Gasteiger partial charge in [0.15, 0.2) is 0 Å². The third-order valence-corrected chi connectivity index (χ3v) is 2.69. The van der Waals surface area contributed by atoms with Crippen LogP contribution < -0.4 is 4.74 Å². The van der Waals surface area contributed by atoms with E-state index in [4.69, 9.17) is 14.6 Å². The summed E-state index contributed by atoms with van der Waals surface area (Å²) in [5.74, 6) is 5.28. The smallest absolute Gasteiger partial charge is 0.137 e. The summed E-state index contributed by atoms with van der Waals surface area (Å²) in [6.45, 7) is 0.925. The summed E-state index contributed by atoms with van der Waals surface area (Å²) in [4.78, 5) is 0. The van der Waals surface area contributed by atoms with E-state index >= 15 is 0 Å². The van der Waals surface area contributed by atoms with Gasteiger partial charge in [0.1, 0.15) is 24.8 Å². The van der Waals surface area contributed by atoms with Crippen molar-refractivity contribution in [3.8, 4) is 17.6 Å². The summed E-state index contributed by atoms with van der Waals surface area (Å²) in [5, 5.41) is 8.67. The van der Waals surface area contributed by atoms with Crippen molar-refractivity contribution in [2.75, 3.05) is 19.8 Å². The van der Waals surface area contributed by atoms with Crippen molar-refractivity contribution in [2.24, 2.45) is 0 Å². The average molecular weight is 250 g/mol. The molecule has 1 heterocycles. The number of ether oxygens (including phenoxy) is 2. The Hall–Kier alpha value is -1.57. The van der Waals surface area contributed by atoms with Gasteiger partial charge >= 0.3 is 0 Å². The highest BCUT2D eigenvalue weighted by molar-refractivity contribution is 5.46. The van der Waals surface area contributed by atoms with Crippen LogP contribution in [0.5, 0.6) is 5.75 Å². The first-order valence-corrected chi connectivity index (χ1v) is 5.93. The predicted octanol–water partition coefficient (Wildman–Crippen LogP) is 1.73. The maximum Gasteiger partial charge on any atom is 0.137 e. The molecule has 0 saturated carbocycles. The molecule has 0 aliphatic carbocycles. The van der Waals surface area contributed by atoms with E-state index in [1.54, 1.807) is 6.07 Å². The third-order valence-electron chi connectivity index (χ3n) is 2.69. The van der Waals surface area contributed by atoms with Crippen molar-refractivity contribution < 1.29 is 19.0 Å². The maximum atomic E-state index is 13.2. The molecule has 0 amide bonds. The van der Waals surface area contributed by atoms with Crippen LogP contribution in [0.4, 0.5) is 4.39 Å². The molecule has 96 valence electrons. The molecule has 1 aromatic carbocycles. The molecule has 18 heavy (non-hydrogen) atoms. The van der Waals surface area contributed by atoms with E-state index in [0.29, 0.717) is 17.9 Å². The largest absolute Gasteiger partial charge is 0.489 e. The topological polar surface area (TPSA) is 38.7 Å². The quantitative estimate of drug-likeness (QED) is 0.830. The molecule has 0 spiro atoms. The molecule has 1 saturated heterocycles. The van der Waals surface area contributed by atoms with Crippen molar-refractivity contribution in [3.05, 3.63) is 29.6 Å². The lowest BCUT2D eigenvalue weighted by Crippen LogP contribution is -2.16. The molecule has 1 atom stereocenters. The second kappa shape index (κ2) is 6.39. The molecule has 1 aliphatic heterocycles. The summed E-state index contributed by atoms with van der Waals surface area (Å²) in [6, 6.07) is 4.17. The normalized spacial score (nSPS) is 18.2. The minimum atomic E-state index is -0.369. The molecule has 2 rings (SSSR count). The highest BCUT2D eigenvalue weighted by atomic mass is 19.1. The Balaban J connectivity index is 2.06. The van der Waals surface area contributed by atoms with Gasteiger partial charge in [-0.2, -0.15) is 0 Å². The lowest BCUT2D eigenvalue weighted by atomic mass is 10.2. The van der Waals surface area contributed by atoms with Gasteiger partial charge in [0.2, 0.25) is 0 Å². The predicted molar refractivity (Wildman–Crippen MR) is 64.8 cm³/mol. The van der Waals surface area contributed by atoms with Gasteiger partial charge in [0.05, 0.1) is 11.7 Å². The number of halogens is 1. The van der Waals surface area contributed by atoms with Crippen LogP contribution in [0.3, 0.4) is 0 Å². The minimum Gasteiger partial charge on any atom is -0.489 e. The van der Waals surface area contributed by atoms with Gasteiger partial charge in [0, 0.05) is 12.7 Å². The first-order chi connectivity index (χ1) is 8.79. The third kappa shape index (κ3) is 3.46. The Morgan fingerprint density at radius 2 is 2.39 bits per heavy atom. The molecule has 1 aliphatic rings. The zero-order valence-corrected chi connectivity index (χ0v) is 9.99. The van der Waals surface area contributed by atoms with Crippen LogP contribution in [0.1, 0.15) is 18.4 Å². The summed E-state index contributed by atoms with van der Waals surface area (Å²) in [7, 11) is 0. The van der Waals surface area contributed by atoms with Crippen molar-refractivity contribution in [1.29, 1.82) is 0 Å². The summed E-state index contributed by atoms with van der Waals surface area (Å²) < 4.78 is 24.1. The molecule has 0 radical (unpaired) electrons. The van der Waals surface area contributed by atoms with Crippen molar-refractivity contribution in [3.63, 3.8) is 0 Å². The lowest BCUT2D eigenvalue weighted by molar-refractivity contribution is 0.0677. The summed E-state index contributed by atoms with van der Waals surface area (Å²) in [5.41, 5.74) is 0.573. The standard InChI is InChI=1S/C14H15FO3/c15-12-6-5-11(3-1-7-16)14(9-12)18-10-13-4-2-8-17-13/h5-6,9,13,16H,2,4,7-8,10H2. The van der Waals surface area contributed by atoms with E-state index in [9.17, 15) is 4.39 Å². The molecule has 1 aromatic rings. The van der Waals surface area contributed by atoms with Crippen LogP contribution >= 0.6 is 0 Å². The fraction of sp³-hybridized carbons (Fsp3) is 0.429. The Morgan fingerprint density at radius 3 is 3.11 bits per heavy atom. The van der Waals surface area contributed by atoms with Crippen LogP contribution in [0.25, 0.3) is 0 Å². The van der Waals surface area contributed by atoms with Gasteiger partial charge in [-0.15, -0.1) is 0 Å². The number of hydrogen-bond acceptors (Lipinski definition) is 3. The second-order valence-corrected chi connectivity index (χ2v) is 4.05. The molecule has 1 unspecified atom stereocenters. The van der Waals surface area contributed by atoms with Gasteiger partial charge in [0.25, 0.3) is 0 Å². The molecular weight excluding hydrogens is 235 g/mol. The lowest BCUT2D eigenvalue weighted by Gasteiger charge is -2.12. The van der Waals surface area contributed by atoms with E-state index in [0.717, 1.165) is 19.4 Å². The number of benzene rings is 1. The first-order valence-electron chi connectivity index (χ1n) is 5.93. The van der Waals surface area contributed by atoms with E-state index in [1.165, 1.54) is 12.1 Å². The van der Waals surface area contributed by atoms with E-state index in [1.807, 2.05) is 0 Å². The molecule has 0 aromatic heterocycles. The summed E-state index contributed by atoms with van der Waals surface area (Å²) in [6.07, 6.45) is 2.08. The zero-order chi connectivity index (χ0) is 12.8. The van der Waals surface area contributed by atoms with Crippen molar-refractivity contribution in [2.45, 2.75) is 18.9 Å². The molecular formula is C14H15FO3. The number of hydrogen-bond donors (Lipinski definition) is 1. The Labute approximate surface area is 106 Å². The van der Waals surface area contributed by atoms with Gasteiger partial charge in [-0.05, 0) is 25.0 Å². The van der Waals surface area contributed by atoms with Crippen molar-refractivity contribution in [1.82, 2.24) is 0 Å². The summed E-state index contributed by atoms with van der Waals surface area (Å²) >= 11 is 0. The minimum absolute atomic E-state index is 0.0759. The average Bonchev–Trinajstić information content (AvgIpc) is 2.88. The number of rotatable bonds is 3. The van der Waals surface area contributed by atoms with Crippen LogP contribution in [0.2, 0.25) is 0 Å². The molecule has 1 fully saturated rings. The highest BCUT2D eigenvalue weighted by Gasteiger charge is 2.16. The van der Waals surface area contributed by atoms with Crippen LogP contribution in [0.15, 0.2) is 18.2 Å². The van der Waals surface area contributed by atoms with Gasteiger partial charge in [-0.3, -0.25) is 0 Å². The molecule has 4 heteroatoms. The SMILES string of the molecule is OCC#Cc1ccc(F)cc1OCC1CCCO1. The Kier molecular flexibility index (Phi) is 4.57. The van der Waals surface area contributed by atoms with Gasteiger partial charge in [-0.1, -0.05) is 11.8 Å². The molecule has 3 nitrogen and oxygen atoms in total. The van der Waals surface area contributed by atoms with E-state index in [-0.39, 0.29) is 18.5 Å². The number of aliphatic hydroxyl groups excluding tert-OH is 1. The molecule has 1 N–H and O–H groups in total. The maximum absolute atomic E-state index is 13.2. The van der Waals surface area contributed by atoms with Crippen molar-refractivity contribution >= 4 is 0 Å². The monoisotopic (exact) mass is 250 g/mol. The second-order valence-electron chi connectivity index (χ2n) is 4.05. The Bertz CT molecular complexity index is 456. The highest BCUT2D eigenvalue weighted by Crippen LogP contribution is 2.21. The van der Waals surface area contributed by atoms with Crippen LogP contribution in [-0.4, -0.2) is 31.0 Å². The fourth-order valence-corrected chi connectivity index (χ4v) is 1.81. The van der Waals surface area contributed by atoms with Gasteiger partial charge in [-0.25, -0.2) is 4.39 Å². The zero-order valence-electron chi connectivity index (χ0n) is 9.99. The van der Waals surface area contributed by atoms with Crippen LogP contribution in [0, 0.1) is 17.7 Å². The van der Waals surface area contributed by atoms with E-state index < -0.39 is 0 Å². The van der Waals surface area contributed by atoms with E-state index in [2.05, 4.69) is 11.8 Å².